The Labute approximate surface area is 117 Å². The minimum atomic E-state index is 0.502. The maximum atomic E-state index is 5.69. The number of nitrogens with two attached hydrogens (primary N) is 1. The average Bonchev–Trinajstić information content (AvgIpc) is 2.46. The summed E-state index contributed by atoms with van der Waals surface area (Å²) in [5, 5.41) is 0. The van der Waals surface area contributed by atoms with Crippen molar-refractivity contribution in [3.05, 3.63) is 29.3 Å². The van der Waals surface area contributed by atoms with Crippen LogP contribution in [0.3, 0.4) is 0 Å². The Hall–Kier alpha value is -1.06. The monoisotopic (exact) mass is 265 g/mol. The molecule has 0 atom stereocenters. The molecular weight excluding hydrogens is 238 g/mol. The van der Waals surface area contributed by atoms with Crippen molar-refractivity contribution < 1.29 is 9.47 Å². The third-order valence-electron chi connectivity index (χ3n) is 3.23. The van der Waals surface area contributed by atoms with Crippen LogP contribution in [-0.2, 0) is 17.9 Å². The predicted octanol–water partition coefficient (Wildman–Crippen LogP) is 3.64. The van der Waals surface area contributed by atoms with E-state index in [0.717, 1.165) is 29.9 Å². The van der Waals surface area contributed by atoms with Crippen molar-refractivity contribution in [1.29, 1.82) is 0 Å². The molecule has 1 rings (SSSR count). The molecule has 3 nitrogen and oxygen atoms in total. The lowest BCUT2D eigenvalue weighted by molar-refractivity contribution is 0.116. The van der Waals surface area contributed by atoms with Gasteiger partial charge in [-0.25, -0.2) is 0 Å². The lowest BCUT2D eigenvalue weighted by atomic mass is 10.1. The predicted molar refractivity (Wildman–Crippen MR) is 79.3 cm³/mol. The van der Waals surface area contributed by atoms with Crippen molar-refractivity contribution >= 4 is 0 Å². The fraction of sp³-hybridized carbons (Fsp3) is 0.625. The zero-order valence-corrected chi connectivity index (χ0v) is 12.3. The number of hydrogen-bond donors (Lipinski definition) is 1. The molecule has 0 spiro atoms. The number of rotatable bonds is 10. The third-order valence-corrected chi connectivity index (χ3v) is 3.23. The summed E-state index contributed by atoms with van der Waals surface area (Å²) in [5.41, 5.74) is 7.82. The molecule has 0 aliphatic heterocycles. The summed E-state index contributed by atoms with van der Waals surface area (Å²) in [7, 11) is 1.67. The van der Waals surface area contributed by atoms with Gasteiger partial charge in [-0.05, 0) is 18.1 Å². The van der Waals surface area contributed by atoms with Crippen molar-refractivity contribution in [3.8, 4) is 5.75 Å². The van der Waals surface area contributed by atoms with E-state index in [1.165, 1.54) is 25.7 Å². The Morgan fingerprint density at radius 2 is 1.89 bits per heavy atom. The van der Waals surface area contributed by atoms with E-state index in [1.807, 2.05) is 12.1 Å². The molecule has 0 saturated carbocycles. The fourth-order valence-electron chi connectivity index (χ4n) is 2.05. The lowest BCUT2D eigenvalue weighted by Gasteiger charge is -2.10. The van der Waals surface area contributed by atoms with Gasteiger partial charge in [-0.15, -0.1) is 0 Å². The van der Waals surface area contributed by atoms with Crippen LogP contribution in [0.2, 0.25) is 0 Å². The van der Waals surface area contributed by atoms with E-state index in [2.05, 4.69) is 13.0 Å². The molecule has 0 bridgehead atoms. The second-order valence-electron chi connectivity index (χ2n) is 4.82. The van der Waals surface area contributed by atoms with E-state index in [9.17, 15) is 0 Å². The van der Waals surface area contributed by atoms with Gasteiger partial charge in [-0.1, -0.05) is 44.7 Å². The highest BCUT2D eigenvalue weighted by molar-refractivity contribution is 5.37. The first-order chi connectivity index (χ1) is 9.31. The molecule has 3 heteroatoms. The van der Waals surface area contributed by atoms with E-state index in [1.54, 1.807) is 7.11 Å². The number of benzene rings is 1. The topological polar surface area (TPSA) is 44.5 Å². The summed E-state index contributed by atoms with van der Waals surface area (Å²) in [6.45, 7) is 4.22. The van der Waals surface area contributed by atoms with Gasteiger partial charge in [-0.2, -0.15) is 0 Å². The summed E-state index contributed by atoms with van der Waals surface area (Å²) in [6.07, 6.45) is 6.35. The smallest absolute Gasteiger partial charge is 0.123 e. The number of methoxy groups -OCH3 is 1. The minimum absolute atomic E-state index is 0.502. The quantitative estimate of drug-likeness (QED) is 0.657. The zero-order valence-electron chi connectivity index (χ0n) is 12.3. The van der Waals surface area contributed by atoms with Gasteiger partial charge < -0.3 is 15.2 Å². The van der Waals surface area contributed by atoms with Crippen LogP contribution in [0.25, 0.3) is 0 Å². The van der Waals surface area contributed by atoms with Crippen LogP contribution in [0.5, 0.6) is 5.75 Å². The molecule has 1 aromatic rings. The van der Waals surface area contributed by atoms with Crippen molar-refractivity contribution in [3.63, 3.8) is 0 Å². The molecule has 0 amide bonds. The van der Waals surface area contributed by atoms with Gasteiger partial charge in [0, 0.05) is 18.7 Å². The molecule has 1 aromatic carbocycles. The van der Waals surface area contributed by atoms with Crippen LogP contribution in [-0.4, -0.2) is 13.7 Å². The Morgan fingerprint density at radius 3 is 2.58 bits per heavy atom. The van der Waals surface area contributed by atoms with Gasteiger partial charge >= 0.3 is 0 Å². The number of hydrogen-bond acceptors (Lipinski definition) is 3. The highest BCUT2D eigenvalue weighted by Gasteiger charge is 2.03. The van der Waals surface area contributed by atoms with E-state index < -0.39 is 0 Å². The summed E-state index contributed by atoms with van der Waals surface area (Å²) in [5.74, 6) is 0.853. The van der Waals surface area contributed by atoms with E-state index >= 15 is 0 Å². The first-order valence-electron chi connectivity index (χ1n) is 7.25. The molecule has 108 valence electrons. The largest absolute Gasteiger partial charge is 0.496 e. The fourth-order valence-corrected chi connectivity index (χ4v) is 2.05. The van der Waals surface area contributed by atoms with Crippen LogP contribution < -0.4 is 10.5 Å². The summed E-state index contributed by atoms with van der Waals surface area (Å²) >= 11 is 0. The molecule has 0 fully saturated rings. The van der Waals surface area contributed by atoms with E-state index in [0.29, 0.717) is 13.2 Å². The maximum absolute atomic E-state index is 5.69. The van der Waals surface area contributed by atoms with Crippen LogP contribution in [0.15, 0.2) is 18.2 Å². The van der Waals surface area contributed by atoms with Crippen LogP contribution >= 0.6 is 0 Å². The Morgan fingerprint density at radius 1 is 1.11 bits per heavy atom. The molecule has 0 heterocycles. The second-order valence-corrected chi connectivity index (χ2v) is 4.82. The summed E-state index contributed by atoms with van der Waals surface area (Å²) in [6, 6.07) is 6.08. The maximum Gasteiger partial charge on any atom is 0.123 e. The summed E-state index contributed by atoms with van der Waals surface area (Å²) in [4.78, 5) is 0. The van der Waals surface area contributed by atoms with Gasteiger partial charge in [0.2, 0.25) is 0 Å². The van der Waals surface area contributed by atoms with Crippen LogP contribution in [0, 0.1) is 0 Å². The van der Waals surface area contributed by atoms with Gasteiger partial charge in [0.1, 0.15) is 5.75 Å². The average molecular weight is 265 g/mol. The second kappa shape index (κ2) is 9.82. The highest BCUT2D eigenvalue weighted by atomic mass is 16.5. The number of ether oxygens (including phenoxy) is 2. The Kier molecular flexibility index (Phi) is 8.26. The van der Waals surface area contributed by atoms with Crippen molar-refractivity contribution in [2.45, 2.75) is 52.2 Å². The number of unbranched alkanes of at least 4 members (excludes halogenated alkanes) is 4. The molecule has 2 N–H and O–H groups in total. The third kappa shape index (κ3) is 6.08. The van der Waals surface area contributed by atoms with E-state index in [4.69, 9.17) is 15.2 Å². The van der Waals surface area contributed by atoms with Crippen molar-refractivity contribution in [2.24, 2.45) is 5.73 Å². The SMILES string of the molecule is CCCCCCCOCc1ccc(CN)c(OC)c1. The normalized spacial score (nSPS) is 10.7. The minimum Gasteiger partial charge on any atom is -0.496 e. The Bertz CT molecular complexity index is 353. The van der Waals surface area contributed by atoms with Gasteiger partial charge in [0.15, 0.2) is 0 Å². The standard InChI is InChI=1S/C16H27NO2/c1-3-4-5-6-7-10-19-13-14-8-9-15(12-17)16(11-14)18-2/h8-9,11H,3-7,10,12-13,17H2,1-2H3. The van der Waals surface area contributed by atoms with Gasteiger partial charge in [0.05, 0.1) is 13.7 Å². The van der Waals surface area contributed by atoms with Crippen molar-refractivity contribution in [1.82, 2.24) is 0 Å². The molecule has 0 aromatic heterocycles. The molecule has 0 aliphatic carbocycles. The lowest BCUT2D eigenvalue weighted by Crippen LogP contribution is -2.01. The van der Waals surface area contributed by atoms with Crippen LogP contribution in [0.4, 0.5) is 0 Å². The van der Waals surface area contributed by atoms with E-state index in [-0.39, 0.29) is 0 Å². The Balaban J connectivity index is 2.26. The van der Waals surface area contributed by atoms with Crippen LogP contribution in [0.1, 0.15) is 50.2 Å². The first kappa shape index (κ1) is 16.0. The molecule has 0 aliphatic rings. The molecule has 0 saturated heterocycles. The molecule has 0 unspecified atom stereocenters. The van der Waals surface area contributed by atoms with Crippen molar-refractivity contribution in [2.75, 3.05) is 13.7 Å². The molecule has 0 radical (unpaired) electrons. The highest BCUT2D eigenvalue weighted by Crippen LogP contribution is 2.20. The molecular formula is C16H27NO2. The first-order valence-corrected chi connectivity index (χ1v) is 7.25. The van der Waals surface area contributed by atoms with Gasteiger partial charge in [0.25, 0.3) is 0 Å². The summed E-state index contributed by atoms with van der Waals surface area (Å²) < 4.78 is 11.0. The molecule has 19 heavy (non-hydrogen) atoms. The zero-order chi connectivity index (χ0) is 13.9. The van der Waals surface area contributed by atoms with Gasteiger partial charge in [-0.3, -0.25) is 0 Å².